The molecule has 0 aromatic rings. The van der Waals surface area contributed by atoms with Crippen LogP contribution in [0.2, 0.25) is 0 Å². The predicted octanol–water partition coefficient (Wildman–Crippen LogP) is 4.17. The lowest BCUT2D eigenvalue weighted by molar-refractivity contribution is -0.0203. The summed E-state index contributed by atoms with van der Waals surface area (Å²) in [7, 11) is 0. The smallest absolute Gasteiger partial charge is 0.0599 e. The summed E-state index contributed by atoms with van der Waals surface area (Å²) in [5, 5.41) is 0. The topological polar surface area (TPSA) is 15.7 Å². The number of hydrogen-bond donors (Lipinski definition) is 0. The normalized spacial score (nSPS) is 24.3. The Labute approximate surface area is 144 Å². The lowest BCUT2D eigenvalue weighted by Crippen LogP contribution is -2.47. The highest BCUT2D eigenvalue weighted by molar-refractivity contribution is 4.83. The maximum absolute atomic E-state index is 6.20. The van der Waals surface area contributed by atoms with Crippen LogP contribution >= 0.6 is 0 Å². The van der Waals surface area contributed by atoms with E-state index < -0.39 is 0 Å². The van der Waals surface area contributed by atoms with E-state index in [1.807, 2.05) is 0 Å². The second-order valence-electron chi connectivity index (χ2n) is 9.62. The molecule has 2 saturated heterocycles. The minimum Gasteiger partial charge on any atom is -0.378 e. The van der Waals surface area contributed by atoms with E-state index in [0.717, 1.165) is 12.5 Å². The third kappa shape index (κ3) is 6.03. The molecule has 0 spiro atoms. The minimum atomic E-state index is 0.312. The number of nitrogens with zero attached hydrogens (tertiary/aromatic N) is 2. The number of likely N-dealkylation sites (tertiary alicyclic amines) is 2. The summed E-state index contributed by atoms with van der Waals surface area (Å²) in [5.41, 5.74) is 0.647. The number of piperidine rings is 2. The van der Waals surface area contributed by atoms with Crippen molar-refractivity contribution < 1.29 is 4.74 Å². The van der Waals surface area contributed by atoms with Crippen LogP contribution in [0.3, 0.4) is 0 Å². The SMILES string of the molecule is CC(C)(C)N1CCC(CCOC2CCN(C(C)(C)C)CC2)CC1. The minimum absolute atomic E-state index is 0.312. The van der Waals surface area contributed by atoms with Gasteiger partial charge in [-0.05, 0) is 92.7 Å². The highest BCUT2D eigenvalue weighted by Crippen LogP contribution is 2.26. The summed E-state index contributed by atoms with van der Waals surface area (Å²) >= 11 is 0. The molecule has 0 aromatic heterocycles. The van der Waals surface area contributed by atoms with Gasteiger partial charge >= 0.3 is 0 Å². The van der Waals surface area contributed by atoms with E-state index in [9.17, 15) is 0 Å². The molecule has 0 saturated carbocycles. The maximum atomic E-state index is 6.20. The van der Waals surface area contributed by atoms with Crippen LogP contribution in [0.1, 0.15) is 73.6 Å². The van der Waals surface area contributed by atoms with Crippen LogP contribution in [-0.2, 0) is 4.74 Å². The van der Waals surface area contributed by atoms with Gasteiger partial charge in [0.15, 0.2) is 0 Å². The molecule has 3 nitrogen and oxygen atoms in total. The van der Waals surface area contributed by atoms with Crippen molar-refractivity contribution in [2.75, 3.05) is 32.8 Å². The molecule has 2 aliphatic heterocycles. The first kappa shape index (κ1) is 19.2. The first-order valence-corrected chi connectivity index (χ1v) is 9.78. The molecule has 136 valence electrons. The molecule has 2 aliphatic rings. The third-order valence-corrected chi connectivity index (χ3v) is 5.83. The molecular formula is C20H40N2O. The van der Waals surface area contributed by atoms with Crippen molar-refractivity contribution in [3.63, 3.8) is 0 Å². The molecule has 0 radical (unpaired) electrons. The Morgan fingerprint density at radius 1 is 0.739 bits per heavy atom. The Morgan fingerprint density at radius 2 is 1.17 bits per heavy atom. The lowest BCUT2D eigenvalue weighted by Gasteiger charge is -2.41. The van der Waals surface area contributed by atoms with Gasteiger partial charge < -0.3 is 4.74 Å². The van der Waals surface area contributed by atoms with Crippen LogP contribution in [0.15, 0.2) is 0 Å². The lowest BCUT2D eigenvalue weighted by atomic mass is 9.91. The number of ether oxygens (including phenoxy) is 1. The summed E-state index contributed by atoms with van der Waals surface area (Å²) in [6, 6.07) is 0. The number of rotatable bonds is 4. The molecule has 0 amide bonds. The first-order chi connectivity index (χ1) is 10.7. The van der Waals surface area contributed by atoms with Crippen molar-refractivity contribution in [1.82, 2.24) is 9.80 Å². The Bertz CT molecular complexity index is 306. The van der Waals surface area contributed by atoms with Gasteiger partial charge in [0.05, 0.1) is 6.10 Å². The Balaban J connectivity index is 1.59. The van der Waals surface area contributed by atoms with Crippen molar-refractivity contribution in [2.24, 2.45) is 5.92 Å². The summed E-state index contributed by atoms with van der Waals surface area (Å²) in [5.74, 6) is 0.878. The second-order valence-corrected chi connectivity index (χ2v) is 9.62. The molecule has 0 bridgehead atoms. The predicted molar refractivity (Wildman–Crippen MR) is 99.0 cm³/mol. The first-order valence-electron chi connectivity index (χ1n) is 9.78. The molecular weight excluding hydrogens is 284 g/mol. The van der Waals surface area contributed by atoms with Crippen molar-refractivity contribution in [2.45, 2.75) is 90.8 Å². The van der Waals surface area contributed by atoms with Gasteiger partial charge in [-0.15, -0.1) is 0 Å². The molecule has 2 fully saturated rings. The standard InChI is InChI=1S/C20H40N2O/c1-19(2,3)21-12-7-17(8-13-21)11-16-23-18-9-14-22(15-10-18)20(4,5)6/h17-18H,7-16H2,1-6H3. The molecule has 0 atom stereocenters. The van der Waals surface area contributed by atoms with Gasteiger partial charge in [-0.25, -0.2) is 0 Å². The van der Waals surface area contributed by atoms with Gasteiger partial charge in [0.25, 0.3) is 0 Å². The Hall–Kier alpha value is -0.120. The van der Waals surface area contributed by atoms with Crippen LogP contribution in [0.25, 0.3) is 0 Å². The zero-order valence-corrected chi connectivity index (χ0v) is 16.5. The average molecular weight is 325 g/mol. The van der Waals surface area contributed by atoms with Crippen molar-refractivity contribution in [1.29, 1.82) is 0 Å². The molecule has 3 heteroatoms. The van der Waals surface area contributed by atoms with E-state index in [-0.39, 0.29) is 0 Å². The highest BCUT2D eigenvalue weighted by Gasteiger charge is 2.28. The fraction of sp³-hybridized carbons (Fsp3) is 1.00. The van der Waals surface area contributed by atoms with Gasteiger partial charge in [0.2, 0.25) is 0 Å². The zero-order valence-electron chi connectivity index (χ0n) is 16.5. The van der Waals surface area contributed by atoms with Crippen LogP contribution < -0.4 is 0 Å². The Kier molecular flexibility index (Phi) is 6.55. The van der Waals surface area contributed by atoms with Crippen molar-refractivity contribution in [3.05, 3.63) is 0 Å². The monoisotopic (exact) mass is 324 g/mol. The van der Waals surface area contributed by atoms with E-state index in [4.69, 9.17) is 4.74 Å². The van der Waals surface area contributed by atoms with Gasteiger partial charge in [-0.1, -0.05) is 0 Å². The molecule has 0 N–H and O–H groups in total. The molecule has 0 aliphatic carbocycles. The van der Waals surface area contributed by atoms with Crippen LogP contribution in [0.4, 0.5) is 0 Å². The molecule has 2 heterocycles. The van der Waals surface area contributed by atoms with Crippen LogP contribution in [-0.4, -0.2) is 59.8 Å². The van der Waals surface area contributed by atoms with E-state index in [0.29, 0.717) is 17.2 Å². The van der Waals surface area contributed by atoms with Crippen LogP contribution in [0.5, 0.6) is 0 Å². The van der Waals surface area contributed by atoms with Gasteiger partial charge in [0, 0.05) is 30.8 Å². The van der Waals surface area contributed by atoms with Crippen molar-refractivity contribution in [3.8, 4) is 0 Å². The number of hydrogen-bond acceptors (Lipinski definition) is 3. The summed E-state index contributed by atoms with van der Waals surface area (Å²) in [6.07, 6.45) is 6.88. The van der Waals surface area contributed by atoms with E-state index >= 15 is 0 Å². The van der Waals surface area contributed by atoms with E-state index in [1.165, 1.54) is 58.3 Å². The molecule has 0 unspecified atom stereocenters. The molecule has 2 rings (SSSR count). The van der Waals surface area contributed by atoms with Crippen molar-refractivity contribution >= 4 is 0 Å². The van der Waals surface area contributed by atoms with Gasteiger partial charge in [0.1, 0.15) is 0 Å². The van der Waals surface area contributed by atoms with Crippen LogP contribution in [0, 0.1) is 5.92 Å². The average Bonchev–Trinajstić information content (AvgIpc) is 2.46. The maximum Gasteiger partial charge on any atom is 0.0599 e. The summed E-state index contributed by atoms with van der Waals surface area (Å²) in [6.45, 7) is 19.8. The summed E-state index contributed by atoms with van der Waals surface area (Å²) in [4.78, 5) is 5.22. The zero-order chi connectivity index (χ0) is 17.1. The van der Waals surface area contributed by atoms with E-state index in [1.54, 1.807) is 0 Å². The second kappa shape index (κ2) is 7.84. The Morgan fingerprint density at radius 3 is 1.61 bits per heavy atom. The third-order valence-electron chi connectivity index (χ3n) is 5.83. The largest absolute Gasteiger partial charge is 0.378 e. The quantitative estimate of drug-likeness (QED) is 0.772. The van der Waals surface area contributed by atoms with Gasteiger partial charge in [-0.3, -0.25) is 9.80 Å². The molecule has 23 heavy (non-hydrogen) atoms. The summed E-state index contributed by atoms with van der Waals surface area (Å²) < 4.78 is 6.20. The highest BCUT2D eigenvalue weighted by atomic mass is 16.5. The fourth-order valence-electron chi connectivity index (χ4n) is 3.99. The van der Waals surface area contributed by atoms with E-state index in [2.05, 4.69) is 51.3 Å². The fourth-order valence-corrected chi connectivity index (χ4v) is 3.99. The molecule has 0 aromatic carbocycles. The van der Waals surface area contributed by atoms with Gasteiger partial charge in [-0.2, -0.15) is 0 Å².